The fourth-order valence-corrected chi connectivity index (χ4v) is 4.59. The number of rotatable bonds is 4. The molecule has 2 N–H and O–H groups in total. The number of quaternary nitrogens is 1. The Labute approximate surface area is 194 Å². The van der Waals surface area contributed by atoms with E-state index in [9.17, 15) is 10.2 Å². The van der Waals surface area contributed by atoms with Crippen LogP contribution in [-0.2, 0) is 13.0 Å². The van der Waals surface area contributed by atoms with E-state index in [0.29, 0.717) is 24.3 Å². The van der Waals surface area contributed by atoms with Crippen LogP contribution in [0.1, 0.15) is 11.1 Å². The maximum absolute atomic E-state index is 10.2. The minimum Gasteiger partial charge on any atom is -0.508 e. The number of phenols is 1. The number of hydrogen-bond donors (Lipinski definition) is 2. The molecule has 2 aliphatic heterocycles. The molecule has 8 heteroatoms. The first kappa shape index (κ1) is 21.6. The summed E-state index contributed by atoms with van der Waals surface area (Å²) < 4.78 is 0.976. The maximum atomic E-state index is 10.2. The average molecular weight is 448 g/mol. The van der Waals surface area contributed by atoms with Crippen LogP contribution in [0.15, 0.2) is 48.5 Å². The average Bonchev–Trinajstić information content (AvgIpc) is 2.83. The number of likely N-dealkylation sites (N-methyl/N-ethyl adjacent to an activating group) is 1. The zero-order valence-corrected chi connectivity index (χ0v) is 19.2. The van der Waals surface area contributed by atoms with Crippen LogP contribution in [0.25, 0.3) is 11.4 Å². The molecule has 0 aliphatic carbocycles. The molecule has 8 nitrogen and oxygen atoms in total. The fourth-order valence-electron chi connectivity index (χ4n) is 4.59. The largest absolute Gasteiger partial charge is 0.508 e. The van der Waals surface area contributed by atoms with Crippen molar-refractivity contribution in [2.45, 2.75) is 19.0 Å². The second kappa shape index (κ2) is 8.61. The van der Waals surface area contributed by atoms with Crippen molar-refractivity contribution in [3.05, 3.63) is 59.7 Å². The summed E-state index contributed by atoms with van der Waals surface area (Å²) in [7, 11) is 4.48. The van der Waals surface area contributed by atoms with Gasteiger partial charge in [0.15, 0.2) is 5.82 Å². The predicted octanol–water partition coefficient (Wildman–Crippen LogP) is 2.06. The highest BCUT2D eigenvalue weighted by molar-refractivity contribution is 5.61. The van der Waals surface area contributed by atoms with Crippen molar-refractivity contribution in [3.8, 4) is 17.1 Å². The number of aromatic hydroxyl groups is 1. The molecule has 3 heterocycles. The summed E-state index contributed by atoms with van der Waals surface area (Å²) in [6.07, 6.45) is 0.741. The normalized spacial score (nSPS) is 19.9. The number of aliphatic hydroxyl groups is 1. The van der Waals surface area contributed by atoms with Gasteiger partial charge in [-0.1, -0.05) is 36.4 Å². The van der Waals surface area contributed by atoms with E-state index in [1.54, 1.807) is 18.2 Å². The number of aromatic nitrogens is 3. The van der Waals surface area contributed by atoms with Gasteiger partial charge >= 0.3 is 0 Å². The minimum absolute atomic E-state index is 0.0200. The van der Waals surface area contributed by atoms with E-state index in [1.807, 2.05) is 18.2 Å². The van der Waals surface area contributed by atoms with Gasteiger partial charge in [0, 0.05) is 12.1 Å². The second-order valence-corrected chi connectivity index (χ2v) is 9.62. The molecule has 33 heavy (non-hydrogen) atoms. The Morgan fingerprint density at radius 3 is 2.39 bits per heavy atom. The summed E-state index contributed by atoms with van der Waals surface area (Å²) in [5, 5.41) is 20.2. The maximum Gasteiger partial charge on any atom is 0.231 e. The van der Waals surface area contributed by atoms with Gasteiger partial charge in [0.1, 0.15) is 5.75 Å². The Morgan fingerprint density at radius 1 is 0.939 bits per heavy atom. The van der Waals surface area contributed by atoms with E-state index in [1.165, 1.54) is 11.1 Å². The highest BCUT2D eigenvalue weighted by atomic mass is 16.3. The number of anilines is 2. The molecule has 3 aromatic rings. The summed E-state index contributed by atoms with van der Waals surface area (Å²) in [4.78, 5) is 18.8. The summed E-state index contributed by atoms with van der Waals surface area (Å²) in [5.74, 6) is 1.91. The molecule has 1 aromatic heterocycles. The van der Waals surface area contributed by atoms with Crippen molar-refractivity contribution in [1.82, 2.24) is 15.0 Å². The van der Waals surface area contributed by atoms with Gasteiger partial charge < -0.3 is 24.5 Å². The zero-order chi connectivity index (χ0) is 23.0. The summed E-state index contributed by atoms with van der Waals surface area (Å²) in [5.41, 5.74) is 3.22. The third-order valence-corrected chi connectivity index (χ3v) is 6.77. The highest BCUT2D eigenvalue weighted by Gasteiger charge is 2.31. The molecular weight excluding hydrogens is 416 g/mol. The van der Waals surface area contributed by atoms with Gasteiger partial charge in [0.25, 0.3) is 0 Å². The number of benzene rings is 2. The van der Waals surface area contributed by atoms with Crippen LogP contribution >= 0.6 is 0 Å². The molecule has 0 spiro atoms. The topological polar surface area (TPSA) is 85.6 Å². The number of aliphatic hydroxyl groups excluding tert-OH is 1. The van der Waals surface area contributed by atoms with Crippen LogP contribution < -0.4 is 9.80 Å². The lowest BCUT2D eigenvalue weighted by atomic mass is 9.94. The number of fused-ring (bicyclic) bond motifs is 1. The Morgan fingerprint density at radius 2 is 1.67 bits per heavy atom. The zero-order valence-electron chi connectivity index (χ0n) is 19.2. The first-order valence-corrected chi connectivity index (χ1v) is 11.5. The van der Waals surface area contributed by atoms with Gasteiger partial charge in [-0.25, -0.2) is 0 Å². The molecule has 0 unspecified atom stereocenters. The van der Waals surface area contributed by atoms with Crippen LogP contribution in [0, 0.1) is 0 Å². The van der Waals surface area contributed by atoms with Crippen LogP contribution in [0.5, 0.6) is 5.75 Å². The van der Waals surface area contributed by atoms with Crippen LogP contribution in [0.2, 0.25) is 0 Å². The van der Waals surface area contributed by atoms with Gasteiger partial charge in [-0.15, -0.1) is 0 Å². The molecule has 1 fully saturated rings. The van der Waals surface area contributed by atoms with Gasteiger partial charge in [0.2, 0.25) is 11.9 Å². The summed E-state index contributed by atoms with van der Waals surface area (Å²) >= 11 is 0. The van der Waals surface area contributed by atoms with Crippen molar-refractivity contribution in [3.63, 3.8) is 0 Å². The SMILES string of the molecule is C[N+]1(C)CCN(c2nc(-c3cccc(O)c3)nc(N3Cc4ccccc4C[C@@H]3CO)n2)CC1. The number of nitrogens with zero attached hydrogens (tertiary/aromatic N) is 6. The van der Waals surface area contributed by atoms with Gasteiger partial charge in [-0.3, -0.25) is 0 Å². The smallest absolute Gasteiger partial charge is 0.231 e. The highest BCUT2D eigenvalue weighted by Crippen LogP contribution is 2.30. The first-order chi connectivity index (χ1) is 15.9. The third kappa shape index (κ3) is 4.49. The van der Waals surface area contributed by atoms with Crippen molar-refractivity contribution < 1.29 is 14.7 Å². The van der Waals surface area contributed by atoms with Crippen LogP contribution in [0.4, 0.5) is 11.9 Å². The molecule has 0 radical (unpaired) electrons. The molecule has 172 valence electrons. The third-order valence-electron chi connectivity index (χ3n) is 6.77. The summed E-state index contributed by atoms with van der Waals surface area (Å²) in [6, 6.07) is 15.2. The molecule has 0 bridgehead atoms. The van der Waals surface area contributed by atoms with Crippen molar-refractivity contribution in [1.29, 1.82) is 0 Å². The molecule has 0 amide bonds. The van der Waals surface area contributed by atoms with E-state index < -0.39 is 0 Å². The van der Waals surface area contributed by atoms with Crippen molar-refractivity contribution in [2.24, 2.45) is 0 Å². The van der Waals surface area contributed by atoms with Gasteiger partial charge in [-0.05, 0) is 29.7 Å². The first-order valence-electron chi connectivity index (χ1n) is 11.5. The quantitative estimate of drug-likeness (QED) is 0.592. The van der Waals surface area contributed by atoms with Crippen LogP contribution in [0.3, 0.4) is 0 Å². The van der Waals surface area contributed by atoms with Gasteiger partial charge in [-0.2, -0.15) is 15.0 Å². The molecule has 2 aromatic carbocycles. The standard InChI is InChI=1S/C25H30N6O2/c1-31(2)12-10-29(11-13-31)24-26-23(19-8-5-9-22(33)15-19)27-25(28-24)30-16-20-7-4-3-6-18(20)14-21(30)17-32/h3-9,15,21,32H,10-14,16-17H2,1-2H3/p+1/t21-/m1/s1. The Kier molecular flexibility index (Phi) is 5.64. The van der Waals surface area contributed by atoms with Crippen molar-refractivity contribution >= 4 is 11.9 Å². The monoisotopic (exact) mass is 447 g/mol. The number of hydrogen-bond acceptors (Lipinski definition) is 7. The van der Waals surface area contributed by atoms with E-state index in [2.05, 4.69) is 36.0 Å². The molecule has 1 atom stereocenters. The van der Waals surface area contributed by atoms with Gasteiger partial charge in [0.05, 0.1) is 52.9 Å². The van der Waals surface area contributed by atoms with E-state index in [4.69, 9.17) is 15.0 Å². The number of phenolic OH excluding ortho intramolecular Hbond substituents is 1. The molecule has 2 aliphatic rings. The Hall–Kier alpha value is -3.23. The molecule has 0 saturated carbocycles. The fraction of sp³-hybridized carbons (Fsp3) is 0.400. The molecule has 1 saturated heterocycles. The molecular formula is C25H31N6O2+. The van der Waals surface area contributed by atoms with Crippen LogP contribution in [-0.4, -0.2) is 82.6 Å². The predicted molar refractivity (Wildman–Crippen MR) is 128 cm³/mol. The summed E-state index contributed by atoms with van der Waals surface area (Å²) in [6.45, 7) is 4.41. The van der Waals surface area contributed by atoms with E-state index in [-0.39, 0.29) is 18.4 Å². The van der Waals surface area contributed by atoms with E-state index in [0.717, 1.165) is 42.6 Å². The minimum atomic E-state index is -0.107. The second-order valence-electron chi connectivity index (χ2n) is 9.62. The lowest BCUT2D eigenvalue weighted by Gasteiger charge is -2.39. The Balaban J connectivity index is 1.57. The molecule has 5 rings (SSSR count). The van der Waals surface area contributed by atoms with Crippen molar-refractivity contribution in [2.75, 3.05) is 56.7 Å². The lowest BCUT2D eigenvalue weighted by Crippen LogP contribution is -2.55. The lowest BCUT2D eigenvalue weighted by molar-refractivity contribution is -0.890. The van der Waals surface area contributed by atoms with E-state index >= 15 is 0 Å². The number of piperazine rings is 1. The Bertz CT molecular complexity index is 1140.